The zero-order valence-corrected chi connectivity index (χ0v) is 17.7. The second kappa shape index (κ2) is 9.34. The van der Waals surface area contributed by atoms with Crippen LogP contribution in [0.3, 0.4) is 0 Å². The van der Waals surface area contributed by atoms with Gasteiger partial charge in [0.05, 0.1) is 13.7 Å². The molecule has 0 bridgehead atoms. The molecule has 2 aromatic carbocycles. The number of para-hydroxylation sites is 1. The number of benzene rings is 2. The predicted molar refractivity (Wildman–Crippen MR) is 115 cm³/mol. The summed E-state index contributed by atoms with van der Waals surface area (Å²) >= 11 is 0. The van der Waals surface area contributed by atoms with Crippen molar-refractivity contribution in [3.63, 3.8) is 0 Å². The molecule has 1 aliphatic rings. The number of nitrogens with zero attached hydrogens (tertiary/aromatic N) is 2. The number of hydrogen-bond acceptors (Lipinski definition) is 7. The largest absolute Gasteiger partial charge is 0.491 e. The molecule has 1 fully saturated rings. The lowest BCUT2D eigenvalue weighted by atomic mass is 10.0. The lowest BCUT2D eigenvalue weighted by Gasteiger charge is -2.33. The summed E-state index contributed by atoms with van der Waals surface area (Å²) < 4.78 is 30.4. The standard InChI is InChI=1S/C23H26FN3O4/c1-3-30-20-13-15(7-8-18(20)24)14-27(16-9-11-25-12-10-16)23-26-19-6-4-5-17(21(19)31-23)22(28)29-2/h4-8,13,16,25H,3,9-12,14H2,1-2H3. The number of aromatic nitrogens is 1. The molecule has 0 saturated carbocycles. The molecule has 1 aliphatic heterocycles. The summed E-state index contributed by atoms with van der Waals surface area (Å²) in [5.41, 5.74) is 2.21. The number of fused-ring (bicyclic) bond motifs is 1. The molecule has 0 aliphatic carbocycles. The van der Waals surface area contributed by atoms with Gasteiger partial charge in [-0.1, -0.05) is 12.1 Å². The van der Waals surface area contributed by atoms with Crippen LogP contribution in [0.4, 0.5) is 10.4 Å². The van der Waals surface area contributed by atoms with E-state index in [9.17, 15) is 9.18 Å². The summed E-state index contributed by atoms with van der Waals surface area (Å²) in [6, 6.07) is 10.7. The van der Waals surface area contributed by atoms with Crippen molar-refractivity contribution >= 4 is 23.1 Å². The summed E-state index contributed by atoms with van der Waals surface area (Å²) in [6.45, 7) is 4.47. The van der Waals surface area contributed by atoms with Crippen LogP contribution in [0.1, 0.15) is 35.7 Å². The Morgan fingerprint density at radius 1 is 1.29 bits per heavy atom. The van der Waals surface area contributed by atoms with Crippen LogP contribution in [-0.2, 0) is 11.3 Å². The molecular formula is C23H26FN3O4. The zero-order chi connectivity index (χ0) is 21.8. The van der Waals surface area contributed by atoms with E-state index in [4.69, 9.17) is 13.9 Å². The number of carbonyl (C=O) groups excluding carboxylic acids is 1. The molecule has 0 amide bonds. The quantitative estimate of drug-likeness (QED) is 0.573. The summed E-state index contributed by atoms with van der Waals surface area (Å²) in [5, 5.41) is 3.37. The van der Waals surface area contributed by atoms with Gasteiger partial charge in [-0.3, -0.25) is 0 Å². The average molecular weight is 427 g/mol. The molecule has 4 rings (SSSR count). The molecule has 0 atom stereocenters. The van der Waals surface area contributed by atoms with E-state index in [0.717, 1.165) is 31.5 Å². The minimum Gasteiger partial charge on any atom is -0.491 e. The van der Waals surface area contributed by atoms with Crippen LogP contribution < -0.4 is 15.0 Å². The highest BCUT2D eigenvalue weighted by molar-refractivity contribution is 6.01. The second-order valence-corrected chi connectivity index (χ2v) is 7.45. The van der Waals surface area contributed by atoms with Crippen LogP contribution in [0.5, 0.6) is 5.75 Å². The van der Waals surface area contributed by atoms with Crippen molar-refractivity contribution < 1.29 is 23.1 Å². The Morgan fingerprint density at radius 3 is 2.84 bits per heavy atom. The Labute approximate surface area is 180 Å². The molecule has 3 aromatic rings. The Morgan fingerprint density at radius 2 is 2.10 bits per heavy atom. The fraction of sp³-hybridized carbons (Fsp3) is 0.391. The Bertz CT molecular complexity index is 1060. The summed E-state index contributed by atoms with van der Waals surface area (Å²) in [7, 11) is 1.34. The number of carbonyl (C=O) groups is 1. The molecule has 164 valence electrons. The topological polar surface area (TPSA) is 76.8 Å². The third-order valence-electron chi connectivity index (χ3n) is 5.45. The number of nitrogens with one attached hydrogen (secondary N) is 1. The smallest absolute Gasteiger partial charge is 0.341 e. The maximum atomic E-state index is 14.0. The third-order valence-corrected chi connectivity index (χ3v) is 5.45. The molecule has 31 heavy (non-hydrogen) atoms. The van der Waals surface area contributed by atoms with Crippen molar-refractivity contribution in [2.24, 2.45) is 0 Å². The van der Waals surface area contributed by atoms with E-state index in [1.807, 2.05) is 6.92 Å². The van der Waals surface area contributed by atoms with Gasteiger partial charge >= 0.3 is 5.97 Å². The van der Waals surface area contributed by atoms with E-state index in [0.29, 0.717) is 35.8 Å². The van der Waals surface area contributed by atoms with Crippen molar-refractivity contribution in [3.8, 4) is 5.75 Å². The van der Waals surface area contributed by atoms with Crippen LogP contribution in [0, 0.1) is 5.82 Å². The molecule has 1 N–H and O–H groups in total. The van der Waals surface area contributed by atoms with E-state index in [1.54, 1.807) is 30.3 Å². The zero-order valence-electron chi connectivity index (χ0n) is 17.7. The fourth-order valence-corrected chi connectivity index (χ4v) is 3.91. The van der Waals surface area contributed by atoms with Crippen molar-refractivity contribution in [1.29, 1.82) is 0 Å². The number of halogens is 1. The van der Waals surface area contributed by atoms with E-state index in [2.05, 4.69) is 15.2 Å². The minimum absolute atomic E-state index is 0.191. The van der Waals surface area contributed by atoms with Crippen molar-refractivity contribution in [3.05, 3.63) is 53.3 Å². The number of rotatable bonds is 7. The normalized spacial score (nSPS) is 14.5. The molecule has 2 heterocycles. The minimum atomic E-state index is -0.471. The molecule has 0 spiro atoms. The third kappa shape index (κ3) is 4.49. The first-order valence-corrected chi connectivity index (χ1v) is 10.5. The van der Waals surface area contributed by atoms with Gasteiger partial charge in [0.2, 0.25) is 0 Å². The molecule has 0 unspecified atom stereocenters. The molecule has 7 nitrogen and oxygen atoms in total. The molecule has 1 aromatic heterocycles. The van der Waals surface area contributed by atoms with Crippen LogP contribution in [0.2, 0.25) is 0 Å². The van der Waals surface area contributed by atoms with E-state index >= 15 is 0 Å². The van der Waals surface area contributed by atoms with E-state index in [1.165, 1.54) is 13.2 Å². The maximum Gasteiger partial charge on any atom is 0.341 e. The summed E-state index contributed by atoms with van der Waals surface area (Å²) in [6.07, 6.45) is 1.84. The predicted octanol–water partition coefficient (Wildman–Crippen LogP) is 3.91. The van der Waals surface area contributed by atoms with Gasteiger partial charge in [0.15, 0.2) is 17.1 Å². The van der Waals surface area contributed by atoms with Crippen LogP contribution >= 0.6 is 0 Å². The van der Waals surface area contributed by atoms with E-state index in [-0.39, 0.29) is 17.6 Å². The Balaban J connectivity index is 1.72. The number of esters is 1. The number of methoxy groups -OCH3 is 1. The van der Waals surface area contributed by atoms with Crippen molar-refractivity contribution in [2.45, 2.75) is 32.4 Å². The summed E-state index contributed by atoms with van der Waals surface area (Å²) in [5.74, 6) is -0.624. The molecular weight excluding hydrogens is 401 g/mol. The lowest BCUT2D eigenvalue weighted by molar-refractivity contribution is 0.0602. The Hall–Kier alpha value is -3.13. The fourth-order valence-electron chi connectivity index (χ4n) is 3.91. The molecule has 0 radical (unpaired) electrons. The van der Waals surface area contributed by atoms with Gasteiger partial charge in [-0.2, -0.15) is 4.98 Å². The van der Waals surface area contributed by atoms with Gasteiger partial charge in [0.1, 0.15) is 11.1 Å². The first kappa shape index (κ1) is 21.1. The van der Waals surface area contributed by atoms with Gasteiger partial charge in [0.25, 0.3) is 6.01 Å². The Kier molecular flexibility index (Phi) is 6.36. The van der Waals surface area contributed by atoms with Gasteiger partial charge in [0, 0.05) is 12.6 Å². The molecule has 8 heteroatoms. The van der Waals surface area contributed by atoms with E-state index < -0.39 is 5.97 Å². The number of hydrogen-bond donors (Lipinski definition) is 1. The SMILES string of the molecule is CCOc1cc(CN(c2nc3cccc(C(=O)OC)c3o2)C2CCNCC2)ccc1F. The summed E-state index contributed by atoms with van der Waals surface area (Å²) in [4.78, 5) is 18.9. The monoisotopic (exact) mass is 427 g/mol. The highest BCUT2D eigenvalue weighted by Crippen LogP contribution is 2.30. The average Bonchev–Trinajstić information content (AvgIpc) is 3.23. The van der Waals surface area contributed by atoms with Crippen molar-refractivity contribution in [1.82, 2.24) is 10.3 Å². The van der Waals surface area contributed by atoms with Gasteiger partial charge in [-0.25, -0.2) is 9.18 Å². The highest BCUT2D eigenvalue weighted by atomic mass is 19.1. The lowest BCUT2D eigenvalue weighted by Crippen LogP contribution is -2.43. The highest BCUT2D eigenvalue weighted by Gasteiger charge is 2.27. The number of oxazole rings is 1. The van der Waals surface area contributed by atoms with Crippen LogP contribution in [0.25, 0.3) is 11.1 Å². The van der Waals surface area contributed by atoms with Crippen LogP contribution in [0.15, 0.2) is 40.8 Å². The van der Waals surface area contributed by atoms with Crippen LogP contribution in [-0.4, -0.2) is 43.8 Å². The number of piperidine rings is 1. The number of ether oxygens (including phenoxy) is 2. The van der Waals surface area contributed by atoms with Gasteiger partial charge < -0.3 is 24.1 Å². The first-order valence-electron chi connectivity index (χ1n) is 10.5. The van der Waals surface area contributed by atoms with Crippen molar-refractivity contribution in [2.75, 3.05) is 31.7 Å². The molecule has 1 saturated heterocycles. The van der Waals surface area contributed by atoms with Gasteiger partial charge in [-0.15, -0.1) is 0 Å². The maximum absolute atomic E-state index is 14.0. The first-order chi connectivity index (χ1) is 15.1. The number of anilines is 1. The second-order valence-electron chi connectivity index (χ2n) is 7.45. The van der Waals surface area contributed by atoms with Gasteiger partial charge in [-0.05, 0) is 62.7 Å².